The lowest BCUT2D eigenvalue weighted by atomic mass is 10.1. The predicted molar refractivity (Wildman–Crippen MR) is 112 cm³/mol. The number of aryl methyl sites for hydroxylation is 1. The molecule has 2 aromatic rings. The zero-order valence-corrected chi connectivity index (χ0v) is 18.2. The second-order valence-electron chi connectivity index (χ2n) is 6.33. The van der Waals surface area contributed by atoms with Crippen molar-refractivity contribution in [3.63, 3.8) is 0 Å². The first-order valence-electron chi connectivity index (χ1n) is 8.97. The summed E-state index contributed by atoms with van der Waals surface area (Å²) in [4.78, 5) is 12.8. The van der Waals surface area contributed by atoms with Crippen molar-refractivity contribution < 1.29 is 19.4 Å². The Kier molecular flexibility index (Phi) is 8.51. The monoisotopic (exact) mass is 452 g/mol. The molecule has 2 rings (SSSR count). The molecule has 4 nitrogen and oxygen atoms in total. The molecule has 6 heteroatoms. The maximum atomic E-state index is 10.6. The molecular weight excluding hydrogens is 428 g/mol. The van der Waals surface area contributed by atoms with Crippen molar-refractivity contribution in [2.24, 2.45) is 5.92 Å². The van der Waals surface area contributed by atoms with Gasteiger partial charge in [-0.1, -0.05) is 54.4 Å². The van der Waals surface area contributed by atoms with E-state index in [0.29, 0.717) is 11.7 Å². The Labute approximate surface area is 173 Å². The van der Waals surface area contributed by atoms with E-state index >= 15 is 0 Å². The second kappa shape index (κ2) is 10.6. The van der Waals surface area contributed by atoms with Gasteiger partial charge >= 0.3 is 5.97 Å². The molecule has 27 heavy (non-hydrogen) atoms. The standard InChI is InChI=1S/C21H25BrO4S/c1-4-15(5-2)12-25-17-9-16(22)10-19(11-17)27-18-6-7-20(14(3)8-18)26-13-21(23)24/h6-11,15H,4-5,12-13H2,1-3H3,(H,23,24). The van der Waals surface area contributed by atoms with Gasteiger partial charge in [0.1, 0.15) is 11.5 Å². The Hall–Kier alpha value is -1.66. The fourth-order valence-electron chi connectivity index (χ4n) is 2.54. The van der Waals surface area contributed by atoms with Crippen molar-refractivity contribution in [3.05, 3.63) is 46.4 Å². The third-order valence-corrected chi connectivity index (χ3v) is 5.64. The molecule has 0 aliphatic carbocycles. The maximum absolute atomic E-state index is 10.6. The van der Waals surface area contributed by atoms with E-state index in [0.717, 1.165) is 45.0 Å². The topological polar surface area (TPSA) is 55.8 Å². The molecule has 0 aliphatic rings. The van der Waals surface area contributed by atoms with E-state index in [9.17, 15) is 4.79 Å². The van der Waals surface area contributed by atoms with E-state index in [1.807, 2.05) is 37.3 Å². The molecule has 0 bridgehead atoms. The van der Waals surface area contributed by atoms with E-state index < -0.39 is 5.97 Å². The summed E-state index contributed by atoms with van der Waals surface area (Å²) in [5.74, 6) is 1.03. The lowest BCUT2D eigenvalue weighted by Crippen LogP contribution is -2.10. The van der Waals surface area contributed by atoms with Crippen LogP contribution in [0.25, 0.3) is 0 Å². The number of aliphatic carboxylic acids is 1. The van der Waals surface area contributed by atoms with Crippen LogP contribution in [0.15, 0.2) is 50.7 Å². The number of rotatable bonds is 10. The highest BCUT2D eigenvalue weighted by molar-refractivity contribution is 9.10. The highest BCUT2D eigenvalue weighted by Gasteiger charge is 2.09. The first kappa shape index (κ1) is 21.6. The minimum atomic E-state index is -0.983. The quantitative estimate of drug-likeness (QED) is 0.465. The summed E-state index contributed by atoms with van der Waals surface area (Å²) in [5.41, 5.74) is 0.904. The smallest absolute Gasteiger partial charge is 0.341 e. The molecule has 0 amide bonds. The Morgan fingerprint density at radius 2 is 1.85 bits per heavy atom. The average molecular weight is 453 g/mol. The zero-order valence-electron chi connectivity index (χ0n) is 15.8. The van der Waals surface area contributed by atoms with E-state index in [4.69, 9.17) is 14.6 Å². The zero-order chi connectivity index (χ0) is 19.8. The molecule has 0 atom stereocenters. The van der Waals surface area contributed by atoms with Gasteiger partial charge in [0, 0.05) is 14.3 Å². The Balaban J connectivity index is 2.08. The number of carbonyl (C=O) groups is 1. The lowest BCUT2D eigenvalue weighted by molar-refractivity contribution is -0.139. The molecule has 1 N–H and O–H groups in total. The number of hydrogen-bond donors (Lipinski definition) is 1. The summed E-state index contributed by atoms with van der Waals surface area (Å²) >= 11 is 5.19. The lowest BCUT2D eigenvalue weighted by Gasteiger charge is -2.15. The van der Waals surface area contributed by atoms with Crippen LogP contribution in [0.1, 0.15) is 32.3 Å². The van der Waals surface area contributed by atoms with E-state index in [1.54, 1.807) is 11.8 Å². The van der Waals surface area contributed by atoms with Crippen LogP contribution in [0, 0.1) is 12.8 Å². The van der Waals surface area contributed by atoms with Crippen molar-refractivity contribution in [2.75, 3.05) is 13.2 Å². The van der Waals surface area contributed by atoms with Gasteiger partial charge in [-0.15, -0.1) is 0 Å². The molecule has 2 aromatic carbocycles. The summed E-state index contributed by atoms with van der Waals surface area (Å²) < 4.78 is 12.2. The largest absolute Gasteiger partial charge is 0.493 e. The number of ether oxygens (including phenoxy) is 2. The molecule has 0 spiro atoms. The van der Waals surface area contributed by atoms with Crippen LogP contribution in [-0.4, -0.2) is 24.3 Å². The summed E-state index contributed by atoms with van der Waals surface area (Å²) in [6.45, 7) is 6.67. The van der Waals surface area contributed by atoms with E-state index in [1.165, 1.54) is 0 Å². The van der Waals surface area contributed by atoms with Crippen molar-refractivity contribution in [1.29, 1.82) is 0 Å². The van der Waals surface area contributed by atoms with Crippen molar-refractivity contribution in [2.45, 2.75) is 43.4 Å². The van der Waals surface area contributed by atoms with Gasteiger partial charge in [-0.25, -0.2) is 4.79 Å². The van der Waals surface area contributed by atoms with Crippen LogP contribution >= 0.6 is 27.7 Å². The van der Waals surface area contributed by atoms with Crippen molar-refractivity contribution in [1.82, 2.24) is 0 Å². The fraction of sp³-hybridized carbons (Fsp3) is 0.381. The van der Waals surface area contributed by atoms with Crippen LogP contribution in [0.3, 0.4) is 0 Å². The number of hydrogen-bond acceptors (Lipinski definition) is 4. The van der Waals surface area contributed by atoms with Gasteiger partial charge in [0.25, 0.3) is 0 Å². The normalized spacial score (nSPS) is 10.9. The first-order valence-corrected chi connectivity index (χ1v) is 10.6. The number of benzene rings is 2. The fourth-order valence-corrected chi connectivity index (χ4v) is 4.17. The van der Waals surface area contributed by atoms with Gasteiger partial charge in [0.05, 0.1) is 6.61 Å². The van der Waals surface area contributed by atoms with Gasteiger partial charge in [0.2, 0.25) is 0 Å². The Bertz CT molecular complexity index is 775. The van der Waals surface area contributed by atoms with Gasteiger partial charge in [0.15, 0.2) is 6.61 Å². The van der Waals surface area contributed by atoms with Crippen LogP contribution in [0.2, 0.25) is 0 Å². The molecule has 0 fully saturated rings. The Morgan fingerprint density at radius 3 is 2.48 bits per heavy atom. The third kappa shape index (κ3) is 7.11. The van der Waals surface area contributed by atoms with E-state index in [2.05, 4.69) is 35.8 Å². The minimum absolute atomic E-state index is 0.337. The van der Waals surface area contributed by atoms with Crippen LogP contribution < -0.4 is 9.47 Å². The molecule has 0 heterocycles. The molecule has 0 aromatic heterocycles. The predicted octanol–water partition coefficient (Wildman–Crippen LogP) is 6.19. The molecule has 146 valence electrons. The van der Waals surface area contributed by atoms with Crippen molar-refractivity contribution in [3.8, 4) is 11.5 Å². The van der Waals surface area contributed by atoms with E-state index in [-0.39, 0.29) is 6.61 Å². The van der Waals surface area contributed by atoms with Gasteiger partial charge < -0.3 is 14.6 Å². The van der Waals surface area contributed by atoms with Crippen LogP contribution in [0.4, 0.5) is 0 Å². The van der Waals surface area contributed by atoms with Crippen molar-refractivity contribution >= 4 is 33.7 Å². The summed E-state index contributed by atoms with van der Waals surface area (Å²) in [6, 6.07) is 11.8. The first-order chi connectivity index (χ1) is 12.9. The SMILES string of the molecule is CCC(CC)COc1cc(Br)cc(Sc2ccc(OCC(=O)O)c(C)c2)c1. The van der Waals surface area contributed by atoms with Gasteiger partial charge in [-0.2, -0.15) is 0 Å². The molecule has 0 radical (unpaired) electrons. The maximum Gasteiger partial charge on any atom is 0.341 e. The summed E-state index contributed by atoms with van der Waals surface area (Å²) in [7, 11) is 0. The Morgan fingerprint density at radius 1 is 1.11 bits per heavy atom. The van der Waals surface area contributed by atoms with Gasteiger partial charge in [-0.3, -0.25) is 0 Å². The average Bonchev–Trinajstić information content (AvgIpc) is 2.61. The van der Waals surface area contributed by atoms with Crippen LogP contribution in [0.5, 0.6) is 11.5 Å². The number of carboxylic acid groups (broad SMARTS) is 1. The molecular formula is C21H25BrO4S. The van der Waals surface area contributed by atoms with Crippen LogP contribution in [-0.2, 0) is 4.79 Å². The minimum Gasteiger partial charge on any atom is -0.493 e. The van der Waals surface area contributed by atoms with Gasteiger partial charge in [-0.05, 0) is 54.8 Å². The highest BCUT2D eigenvalue weighted by Crippen LogP contribution is 2.35. The molecule has 0 unspecified atom stereocenters. The number of halogens is 1. The summed E-state index contributed by atoms with van der Waals surface area (Å²) in [5, 5.41) is 8.73. The second-order valence-corrected chi connectivity index (χ2v) is 8.39. The summed E-state index contributed by atoms with van der Waals surface area (Å²) in [6.07, 6.45) is 2.23. The molecule has 0 saturated carbocycles. The molecule has 0 saturated heterocycles. The highest BCUT2D eigenvalue weighted by atomic mass is 79.9. The molecule has 0 aliphatic heterocycles. The third-order valence-electron chi connectivity index (χ3n) is 4.22. The number of carboxylic acids is 1.